The molecule has 26 heavy (non-hydrogen) atoms. The number of hydrogen-bond donors (Lipinski definition) is 2. The van der Waals surface area contributed by atoms with Gasteiger partial charge in [0.1, 0.15) is 0 Å². The molecule has 2 rings (SSSR count). The van der Waals surface area contributed by atoms with E-state index in [-0.39, 0.29) is 5.76 Å². The molecule has 1 aromatic heterocycles. The molecule has 142 valence electrons. The van der Waals surface area contributed by atoms with Gasteiger partial charge in [0.15, 0.2) is 5.88 Å². The standard InChI is InChI=1S/C22H31NO3/c24-22(25)20-16-17-21(26-20)23-18-12-7-5-3-1-2-4-6-9-13-19-14-10-8-11-15-19/h8,10-11,14-17,23H,1-7,9,12-13,18H2,(H,24,25). The van der Waals surface area contributed by atoms with Crippen molar-refractivity contribution in [2.24, 2.45) is 0 Å². The second-order valence-electron chi connectivity index (χ2n) is 6.81. The maximum Gasteiger partial charge on any atom is 0.371 e. The minimum atomic E-state index is -1.03. The highest BCUT2D eigenvalue weighted by molar-refractivity contribution is 5.84. The van der Waals surface area contributed by atoms with Gasteiger partial charge in [-0.25, -0.2) is 4.79 Å². The molecule has 0 aliphatic carbocycles. The molecule has 0 aliphatic heterocycles. The fourth-order valence-electron chi connectivity index (χ4n) is 3.10. The molecule has 4 heteroatoms. The molecule has 1 heterocycles. The van der Waals surface area contributed by atoms with Crippen LogP contribution in [-0.4, -0.2) is 17.6 Å². The molecule has 1 aromatic carbocycles. The van der Waals surface area contributed by atoms with Crippen molar-refractivity contribution < 1.29 is 14.3 Å². The monoisotopic (exact) mass is 357 g/mol. The van der Waals surface area contributed by atoms with Crippen LogP contribution < -0.4 is 5.32 Å². The lowest BCUT2D eigenvalue weighted by Gasteiger charge is -2.04. The van der Waals surface area contributed by atoms with Crippen LogP contribution in [-0.2, 0) is 6.42 Å². The van der Waals surface area contributed by atoms with Gasteiger partial charge in [0.25, 0.3) is 0 Å². The van der Waals surface area contributed by atoms with Gasteiger partial charge in [-0.2, -0.15) is 0 Å². The molecular formula is C22H31NO3. The van der Waals surface area contributed by atoms with Crippen LogP contribution in [0, 0.1) is 0 Å². The van der Waals surface area contributed by atoms with Crippen LogP contribution in [0.2, 0.25) is 0 Å². The van der Waals surface area contributed by atoms with E-state index in [0.29, 0.717) is 5.88 Å². The number of carboxylic acids is 1. The zero-order valence-electron chi connectivity index (χ0n) is 15.6. The minimum absolute atomic E-state index is 0.0173. The van der Waals surface area contributed by atoms with Crippen molar-refractivity contribution in [3.05, 3.63) is 53.8 Å². The molecule has 0 aliphatic rings. The number of rotatable bonds is 14. The zero-order valence-corrected chi connectivity index (χ0v) is 15.6. The van der Waals surface area contributed by atoms with Crippen molar-refractivity contribution in [2.75, 3.05) is 11.9 Å². The van der Waals surface area contributed by atoms with Gasteiger partial charge >= 0.3 is 5.97 Å². The number of furan rings is 1. The fraction of sp³-hybridized carbons (Fsp3) is 0.500. The molecule has 0 saturated carbocycles. The molecular weight excluding hydrogens is 326 g/mol. The maximum atomic E-state index is 10.7. The van der Waals surface area contributed by atoms with Gasteiger partial charge < -0.3 is 14.8 Å². The van der Waals surface area contributed by atoms with E-state index >= 15 is 0 Å². The van der Waals surface area contributed by atoms with E-state index in [9.17, 15) is 4.79 Å². The Bertz CT molecular complexity index is 621. The molecule has 0 bridgehead atoms. The highest BCUT2D eigenvalue weighted by Gasteiger charge is 2.07. The number of nitrogens with one attached hydrogen (secondary N) is 1. The van der Waals surface area contributed by atoms with Gasteiger partial charge in [-0.15, -0.1) is 0 Å². The summed E-state index contributed by atoms with van der Waals surface area (Å²) in [6.07, 6.45) is 12.7. The average molecular weight is 357 g/mol. The number of carboxylic acid groups (broad SMARTS) is 1. The van der Waals surface area contributed by atoms with Crippen LogP contribution >= 0.6 is 0 Å². The minimum Gasteiger partial charge on any atom is -0.475 e. The van der Waals surface area contributed by atoms with Crippen LogP contribution in [0.4, 0.5) is 5.88 Å². The van der Waals surface area contributed by atoms with E-state index in [1.54, 1.807) is 6.07 Å². The van der Waals surface area contributed by atoms with Crippen molar-refractivity contribution in [3.63, 3.8) is 0 Å². The highest BCUT2D eigenvalue weighted by Crippen LogP contribution is 2.14. The molecule has 2 N–H and O–H groups in total. The number of aromatic carboxylic acids is 1. The Morgan fingerprint density at radius 2 is 1.42 bits per heavy atom. The molecule has 0 atom stereocenters. The van der Waals surface area contributed by atoms with Crippen molar-refractivity contribution >= 4 is 11.9 Å². The van der Waals surface area contributed by atoms with Crippen LogP contribution in [0.25, 0.3) is 0 Å². The first-order valence-corrected chi connectivity index (χ1v) is 9.86. The summed E-state index contributed by atoms with van der Waals surface area (Å²) in [5.74, 6) is -0.507. The Kier molecular flexibility index (Phi) is 9.41. The fourth-order valence-corrected chi connectivity index (χ4v) is 3.10. The van der Waals surface area contributed by atoms with Crippen LogP contribution in [0.3, 0.4) is 0 Å². The Hall–Kier alpha value is -2.23. The third-order valence-corrected chi connectivity index (χ3v) is 4.60. The summed E-state index contributed by atoms with van der Waals surface area (Å²) in [6.45, 7) is 0.825. The SMILES string of the molecule is O=C(O)c1ccc(NCCCCCCCCCCCc2ccccc2)o1. The lowest BCUT2D eigenvalue weighted by molar-refractivity contribution is 0.0663. The van der Waals surface area contributed by atoms with Gasteiger partial charge in [-0.1, -0.05) is 75.3 Å². The lowest BCUT2D eigenvalue weighted by atomic mass is 10.0. The summed E-state index contributed by atoms with van der Waals surface area (Å²) in [5, 5.41) is 11.9. The van der Waals surface area contributed by atoms with Crippen molar-refractivity contribution in [1.82, 2.24) is 0 Å². The Labute approximate surface area is 156 Å². The number of unbranched alkanes of at least 4 members (excludes halogenated alkanes) is 8. The highest BCUT2D eigenvalue weighted by atomic mass is 16.4. The second-order valence-corrected chi connectivity index (χ2v) is 6.81. The molecule has 0 radical (unpaired) electrons. The number of carbonyl (C=O) groups is 1. The van der Waals surface area contributed by atoms with E-state index in [0.717, 1.165) is 13.0 Å². The van der Waals surface area contributed by atoms with E-state index in [4.69, 9.17) is 9.52 Å². The van der Waals surface area contributed by atoms with Gasteiger partial charge in [0.2, 0.25) is 5.76 Å². The molecule has 4 nitrogen and oxygen atoms in total. The number of aryl methyl sites for hydroxylation is 1. The first-order chi connectivity index (χ1) is 12.8. The maximum absolute atomic E-state index is 10.7. The molecule has 2 aromatic rings. The average Bonchev–Trinajstić information content (AvgIpc) is 3.13. The van der Waals surface area contributed by atoms with E-state index in [1.165, 1.54) is 69.4 Å². The van der Waals surface area contributed by atoms with E-state index < -0.39 is 5.97 Å². The van der Waals surface area contributed by atoms with E-state index in [2.05, 4.69) is 35.6 Å². The third-order valence-electron chi connectivity index (χ3n) is 4.60. The van der Waals surface area contributed by atoms with Gasteiger partial charge in [-0.3, -0.25) is 0 Å². The van der Waals surface area contributed by atoms with Gasteiger partial charge in [0.05, 0.1) is 0 Å². The molecule has 0 unspecified atom stereocenters. The number of anilines is 1. The molecule has 0 fully saturated rings. The number of hydrogen-bond acceptors (Lipinski definition) is 3. The van der Waals surface area contributed by atoms with Gasteiger partial charge in [-0.05, 0) is 30.9 Å². The van der Waals surface area contributed by atoms with Crippen molar-refractivity contribution in [1.29, 1.82) is 0 Å². The second kappa shape index (κ2) is 12.2. The predicted octanol–water partition coefficient (Wildman–Crippen LogP) is 6.14. The molecule has 0 spiro atoms. The predicted molar refractivity (Wildman–Crippen MR) is 106 cm³/mol. The lowest BCUT2D eigenvalue weighted by Crippen LogP contribution is -2.00. The van der Waals surface area contributed by atoms with Gasteiger partial charge in [0, 0.05) is 12.6 Å². The summed E-state index contributed by atoms with van der Waals surface area (Å²) >= 11 is 0. The first-order valence-electron chi connectivity index (χ1n) is 9.86. The zero-order chi connectivity index (χ0) is 18.5. The summed E-state index contributed by atoms with van der Waals surface area (Å²) < 4.78 is 5.15. The van der Waals surface area contributed by atoms with Crippen molar-refractivity contribution in [3.8, 4) is 0 Å². The molecule has 0 amide bonds. The molecule has 0 saturated heterocycles. The van der Waals surface area contributed by atoms with Crippen LogP contribution in [0.5, 0.6) is 0 Å². The topological polar surface area (TPSA) is 62.5 Å². The largest absolute Gasteiger partial charge is 0.475 e. The summed E-state index contributed by atoms with van der Waals surface area (Å²) in [7, 11) is 0. The Balaban J connectivity index is 1.35. The van der Waals surface area contributed by atoms with E-state index in [1.807, 2.05) is 0 Å². The number of benzene rings is 1. The van der Waals surface area contributed by atoms with Crippen molar-refractivity contribution in [2.45, 2.75) is 64.2 Å². The summed E-state index contributed by atoms with van der Waals surface area (Å²) in [4.78, 5) is 10.7. The first kappa shape index (κ1) is 20.1. The Morgan fingerprint density at radius 3 is 2.04 bits per heavy atom. The van der Waals surface area contributed by atoms with Crippen LogP contribution in [0.1, 0.15) is 73.9 Å². The quantitative estimate of drug-likeness (QED) is 0.398. The normalized spacial score (nSPS) is 10.8. The summed E-state index contributed by atoms with van der Waals surface area (Å²) in [5.41, 5.74) is 1.45. The third kappa shape index (κ3) is 8.24. The Morgan fingerprint density at radius 1 is 0.808 bits per heavy atom. The summed E-state index contributed by atoms with van der Waals surface area (Å²) in [6, 6.07) is 13.9. The van der Waals surface area contributed by atoms with Crippen LogP contribution in [0.15, 0.2) is 46.9 Å². The smallest absolute Gasteiger partial charge is 0.371 e.